The highest BCUT2D eigenvalue weighted by Gasteiger charge is 2.24. The summed E-state index contributed by atoms with van der Waals surface area (Å²) in [6.07, 6.45) is 1.47. The number of rotatable bonds is 2. The number of nitrogens with one attached hydrogen (secondary N) is 2. The lowest BCUT2D eigenvalue weighted by Crippen LogP contribution is -2.34. The standard InChI is InChI=1S/C20H17N5O2S/c1-10-7-16(23-9-22-10)27-15-6-3-12-13(25-15)4-5-14-17(12)18-19(28-14)20(26)24-11(2)8-21-18/h3-7,9,11,21H,8H2,1-2H3,(H,24,26)/t11-/m1/s1. The van der Waals surface area contributed by atoms with Crippen molar-refractivity contribution in [1.82, 2.24) is 20.3 Å². The van der Waals surface area contributed by atoms with E-state index in [2.05, 4.69) is 25.6 Å². The minimum Gasteiger partial charge on any atom is -0.421 e. The van der Waals surface area contributed by atoms with Gasteiger partial charge in [0, 0.05) is 45.9 Å². The van der Waals surface area contributed by atoms with Gasteiger partial charge in [-0.2, -0.15) is 0 Å². The SMILES string of the molecule is Cc1cc(Oc2ccc3c(ccc4sc5c(c43)NC[C@@H](C)NC5=O)n2)ncn1. The molecule has 2 N–H and O–H groups in total. The topological polar surface area (TPSA) is 89.0 Å². The average Bonchev–Trinajstić information content (AvgIpc) is 2.99. The van der Waals surface area contributed by atoms with Crippen LogP contribution in [0.3, 0.4) is 0 Å². The Kier molecular flexibility index (Phi) is 3.87. The second-order valence-corrected chi connectivity index (χ2v) is 7.87. The van der Waals surface area contributed by atoms with Gasteiger partial charge in [0.1, 0.15) is 11.2 Å². The number of anilines is 1. The van der Waals surface area contributed by atoms with Crippen LogP contribution < -0.4 is 15.4 Å². The number of benzene rings is 1. The Morgan fingerprint density at radius 2 is 2.07 bits per heavy atom. The van der Waals surface area contributed by atoms with Crippen LogP contribution in [-0.4, -0.2) is 33.4 Å². The van der Waals surface area contributed by atoms with Gasteiger partial charge in [-0.05, 0) is 32.0 Å². The molecule has 1 aliphatic heterocycles. The molecule has 1 amide bonds. The Morgan fingerprint density at radius 3 is 2.93 bits per heavy atom. The molecule has 1 atom stereocenters. The molecule has 0 radical (unpaired) electrons. The summed E-state index contributed by atoms with van der Waals surface area (Å²) in [6, 6.07) is 9.59. The number of amides is 1. The third kappa shape index (κ3) is 2.82. The molecular weight excluding hydrogens is 374 g/mol. The quantitative estimate of drug-likeness (QED) is 0.539. The van der Waals surface area contributed by atoms with Gasteiger partial charge in [-0.1, -0.05) is 0 Å². The molecule has 28 heavy (non-hydrogen) atoms. The van der Waals surface area contributed by atoms with Gasteiger partial charge in [0.05, 0.1) is 11.2 Å². The van der Waals surface area contributed by atoms with Crippen LogP contribution >= 0.6 is 11.3 Å². The van der Waals surface area contributed by atoms with Crippen molar-refractivity contribution in [2.24, 2.45) is 0 Å². The summed E-state index contributed by atoms with van der Waals surface area (Å²) in [4.78, 5) is 26.0. The Morgan fingerprint density at radius 1 is 1.18 bits per heavy atom. The number of nitrogens with zero attached hydrogens (tertiary/aromatic N) is 3. The van der Waals surface area contributed by atoms with E-state index in [9.17, 15) is 4.79 Å². The van der Waals surface area contributed by atoms with E-state index in [1.54, 1.807) is 6.07 Å². The Hall–Kier alpha value is -3.26. The van der Waals surface area contributed by atoms with Gasteiger partial charge in [0.15, 0.2) is 0 Å². The van der Waals surface area contributed by atoms with E-state index in [0.29, 0.717) is 23.2 Å². The predicted octanol–water partition coefficient (Wildman–Crippen LogP) is 3.88. The van der Waals surface area contributed by atoms with Gasteiger partial charge in [0.2, 0.25) is 11.8 Å². The third-order valence-corrected chi connectivity index (χ3v) is 5.81. The number of carbonyl (C=O) groups excluding carboxylic acids is 1. The summed E-state index contributed by atoms with van der Waals surface area (Å²) in [7, 11) is 0. The monoisotopic (exact) mass is 391 g/mol. The second-order valence-electron chi connectivity index (χ2n) is 6.82. The first-order chi connectivity index (χ1) is 13.6. The van der Waals surface area contributed by atoms with Crippen LogP contribution in [-0.2, 0) is 0 Å². The number of ether oxygens (including phenoxy) is 1. The second kappa shape index (κ2) is 6.42. The summed E-state index contributed by atoms with van der Waals surface area (Å²) in [5, 5.41) is 8.45. The number of aryl methyl sites for hydroxylation is 1. The lowest BCUT2D eigenvalue weighted by molar-refractivity contribution is 0.0949. The van der Waals surface area contributed by atoms with Crippen LogP contribution in [0.15, 0.2) is 36.7 Å². The van der Waals surface area contributed by atoms with Gasteiger partial charge in [-0.3, -0.25) is 4.79 Å². The van der Waals surface area contributed by atoms with Gasteiger partial charge in [-0.15, -0.1) is 11.3 Å². The van der Waals surface area contributed by atoms with Crippen LogP contribution in [0.1, 0.15) is 22.3 Å². The molecular formula is C20H17N5O2S. The summed E-state index contributed by atoms with van der Waals surface area (Å²) in [5.74, 6) is 0.886. The molecule has 0 aliphatic carbocycles. The summed E-state index contributed by atoms with van der Waals surface area (Å²) < 4.78 is 6.84. The molecule has 0 spiro atoms. The summed E-state index contributed by atoms with van der Waals surface area (Å²) in [5.41, 5.74) is 2.51. The zero-order valence-electron chi connectivity index (χ0n) is 15.3. The van der Waals surface area contributed by atoms with E-state index in [1.807, 2.05) is 38.1 Å². The fourth-order valence-corrected chi connectivity index (χ4v) is 4.45. The molecule has 0 saturated carbocycles. The van der Waals surface area contributed by atoms with Gasteiger partial charge < -0.3 is 15.4 Å². The highest BCUT2D eigenvalue weighted by molar-refractivity contribution is 7.21. The van der Waals surface area contributed by atoms with Gasteiger partial charge >= 0.3 is 0 Å². The van der Waals surface area contributed by atoms with Crippen molar-refractivity contribution in [2.45, 2.75) is 19.9 Å². The van der Waals surface area contributed by atoms with Gasteiger partial charge in [-0.25, -0.2) is 15.0 Å². The smallest absolute Gasteiger partial charge is 0.263 e. The number of fused-ring (bicyclic) bond motifs is 5. The summed E-state index contributed by atoms with van der Waals surface area (Å²) in [6.45, 7) is 4.55. The lowest BCUT2D eigenvalue weighted by atomic mass is 10.1. The molecule has 4 aromatic rings. The number of thiophene rings is 1. The number of hydrogen-bond donors (Lipinski definition) is 2. The van der Waals surface area contributed by atoms with Crippen LogP contribution in [0, 0.1) is 6.92 Å². The molecule has 140 valence electrons. The largest absolute Gasteiger partial charge is 0.421 e. The van der Waals surface area contributed by atoms with Crippen LogP contribution in [0.2, 0.25) is 0 Å². The van der Waals surface area contributed by atoms with Crippen molar-refractivity contribution in [3.05, 3.63) is 47.2 Å². The molecule has 0 saturated heterocycles. The van der Waals surface area contributed by atoms with E-state index in [-0.39, 0.29) is 11.9 Å². The lowest BCUT2D eigenvalue weighted by Gasteiger charge is -2.10. The van der Waals surface area contributed by atoms with E-state index in [0.717, 1.165) is 32.4 Å². The zero-order chi connectivity index (χ0) is 19.3. The molecule has 1 aliphatic rings. The van der Waals surface area contributed by atoms with E-state index >= 15 is 0 Å². The van der Waals surface area contributed by atoms with Crippen LogP contribution in [0.4, 0.5) is 5.69 Å². The highest BCUT2D eigenvalue weighted by Crippen LogP contribution is 2.41. The van der Waals surface area contributed by atoms with Crippen LogP contribution in [0.5, 0.6) is 11.8 Å². The number of pyridine rings is 1. The fraction of sp³-hybridized carbons (Fsp3) is 0.200. The van der Waals surface area contributed by atoms with Crippen molar-refractivity contribution < 1.29 is 9.53 Å². The van der Waals surface area contributed by atoms with Crippen molar-refractivity contribution in [3.8, 4) is 11.8 Å². The Bertz CT molecular complexity index is 1240. The maximum atomic E-state index is 12.5. The maximum absolute atomic E-state index is 12.5. The first-order valence-electron chi connectivity index (χ1n) is 8.96. The number of hydrogen-bond acceptors (Lipinski definition) is 7. The minimum absolute atomic E-state index is 0.0334. The molecule has 0 bridgehead atoms. The average molecular weight is 391 g/mol. The fourth-order valence-electron chi connectivity index (χ4n) is 3.36. The Balaban J connectivity index is 1.62. The molecule has 8 heteroatoms. The predicted molar refractivity (Wildman–Crippen MR) is 109 cm³/mol. The highest BCUT2D eigenvalue weighted by atomic mass is 32.1. The first-order valence-corrected chi connectivity index (χ1v) is 9.77. The molecule has 7 nitrogen and oxygen atoms in total. The van der Waals surface area contributed by atoms with Crippen molar-refractivity contribution in [2.75, 3.05) is 11.9 Å². The number of aromatic nitrogens is 3. The molecule has 5 rings (SSSR count). The van der Waals surface area contributed by atoms with E-state index in [1.165, 1.54) is 17.7 Å². The minimum atomic E-state index is -0.0334. The molecule has 1 aromatic carbocycles. The first kappa shape index (κ1) is 16.9. The normalized spacial score (nSPS) is 16.4. The zero-order valence-corrected chi connectivity index (χ0v) is 16.1. The third-order valence-electron chi connectivity index (χ3n) is 4.65. The number of carbonyl (C=O) groups is 1. The van der Waals surface area contributed by atoms with Crippen LogP contribution in [0.25, 0.3) is 21.0 Å². The molecule has 0 fully saturated rings. The van der Waals surface area contributed by atoms with E-state index < -0.39 is 0 Å². The van der Waals surface area contributed by atoms with E-state index in [4.69, 9.17) is 4.74 Å². The van der Waals surface area contributed by atoms with Crippen molar-refractivity contribution in [1.29, 1.82) is 0 Å². The maximum Gasteiger partial charge on any atom is 0.263 e. The van der Waals surface area contributed by atoms with Gasteiger partial charge in [0.25, 0.3) is 5.91 Å². The molecule has 4 heterocycles. The summed E-state index contributed by atoms with van der Waals surface area (Å²) >= 11 is 1.50. The van der Waals surface area contributed by atoms with Crippen molar-refractivity contribution >= 4 is 43.9 Å². The Labute approximate surface area is 164 Å². The van der Waals surface area contributed by atoms with Crippen molar-refractivity contribution in [3.63, 3.8) is 0 Å². The molecule has 3 aromatic heterocycles. The molecule has 0 unspecified atom stereocenters.